The van der Waals surface area contributed by atoms with Gasteiger partial charge < -0.3 is 4.42 Å². The molecule has 0 aliphatic carbocycles. The first-order valence-electron chi connectivity index (χ1n) is 9.16. The zero-order valence-corrected chi connectivity index (χ0v) is 15.6. The van der Waals surface area contributed by atoms with Gasteiger partial charge in [-0.1, -0.05) is 72.8 Å². The lowest BCUT2D eigenvalue weighted by molar-refractivity contribution is 0.558. The predicted molar refractivity (Wildman–Crippen MR) is 115 cm³/mol. The molecule has 0 N–H and O–H groups in total. The molecule has 0 aliphatic heterocycles. The fourth-order valence-corrected chi connectivity index (χ4v) is 2.82. The number of benzene rings is 3. The molecule has 0 saturated carbocycles. The monoisotopic (exact) mass is 375 g/mol. The standard InChI is InChI=1S/C25H17N3O/c26-18-23-9-5-4-6-21(23)16-14-19-10-12-20(13-11-19)15-17-24-27-28-25(29-24)22-7-2-1-3-8-22/h1-17H/b16-14+,17-15+. The van der Waals surface area contributed by atoms with Crippen molar-refractivity contribution in [1.82, 2.24) is 10.2 Å². The summed E-state index contributed by atoms with van der Waals surface area (Å²) in [6.45, 7) is 0. The summed E-state index contributed by atoms with van der Waals surface area (Å²) in [6, 6.07) is 27.5. The van der Waals surface area contributed by atoms with Gasteiger partial charge in [-0.25, -0.2) is 0 Å². The highest BCUT2D eigenvalue weighted by Crippen LogP contribution is 2.18. The molecule has 0 aliphatic rings. The Morgan fingerprint density at radius 1 is 0.690 bits per heavy atom. The number of aromatic nitrogens is 2. The summed E-state index contributed by atoms with van der Waals surface area (Å²) in [5.41, 5.74) is 4.55. The SMILES string of the molecule is N#Cc1ccccc1/C=C/c1ccc(/C=C/c2nnc(-c3ccccc3)o2)cc1. The smallest absolute Gasteiger partial charge is 0.248 e. The van der Waals surface area contributed by atoms with Gasteiger partial charge in [-0.2, -0.15) is 5.26 Å². The van der Waals surface area contributed by atoms with Crippen molar-refractivity contribution in [2.24, 2.45) is 0 Å². The maximum Gasteiger partial charge on any atom is 0.248 e. The average Bonchev–Trinajstić information content (AvgIpc) is 3.27. The third kappa shape index (κ3) is 4.55. The lowest BCUT2D eigenvalue weighted by Crippen LogP contribution is -1.80. The molecule has 0 saturated heterocycles. The van der Waals surface area contributed by atoms with Crippen LogP contribution < -0.4 is 0 Å². The van der Waals surface area contributed by atoms with E-state index in [-0.39, 0.29) is 0 Å². The lowest BCUT2D eigenvalue weighted by Gasteiger charge is -1.98. The van der Waals surface area contributed by atoms with Crippen LogP contribution in [0.4, 0.5) is 0 Å². The molecule has 1 heterocycles. The van der Waals surface area contributed by atoms with E-state index in [1.54, 1.807) is 6.08 Å². The Morgan fingerprint density at radius 2 is 1.34 bits per heavy atom. The third-order valence-electron chi connectivity index (χ3n) is 4.35. The highest BCUT2D eigenvalue weighted by molar-refractivity contribution is 5.74. The van der Waals surface area contributed by atoms with Gasteiger partial charge >= 0.3 is 0 Å². The van der Waals surface area contributed by atoms with Crippen LogP contribution in [-0.2, 0) is 0 Å². The maximum absolute atomic E-state index is 9.16. The Bertz CT molecular complexity index is 1200. The fraction of sp³-hybridized carbons (Fsp3) is 0. The molecule has 4 rings (SSSR count). The summed E-state index contributed by atoms with van der Waals surface area (Å²) in [6.07, 6.45) is 7.68. The van der Waals surface area contributed by atoms with E-state index in [0.717, 1.165) is 22.3 Å². The number of hydrogen-bond acceptors (Lipinski definition) is 4. The Labute approximate surface area is 169 Å². The second kappa shape index (κ2) is 8.64. The minimum Gasteiger partial charge on any atom is -0.417 e. The van der Waals surface area contributed by atoms with Crippen LogP contribution in [0, 0.1) is 11.3 Å². The molecule has 0 spiro atoms. The summed E-state index contributed by atoms with van der Waals surface area (Å²) in [7, 11) is 0. The molecule has 4 heteroatoms. The van der Waals surface area contributed by atoms with Gasteiger partial charge in [0.2, 0.25) is 11.8 Å². The molecule has 1 aromatic heterocycles. The van der Waals surface area contributed by atoms with Gasteiger partial charge in [0.25, 0.3) is 0 Å². The molecule has 3 aromatic carbocycles. The summed E-state index contributed by atoms with van der Waals surface area (Å²) in [5, 5.41) is 17.3. The third-order valence-corrected chi connectivity index (χ3v) is 4.35. The van der Waals surface area contributed by atoms with Gasteiger partial charge in [0.15, 0.2) is 0 Å². The van der Waals surface area contributed by atoms with Crippen LogP contribution in [-0.4, -0.2) is 10.2 Å². The Kier molecular flexibility index (Phi) is 5.41. The predicted octanol–water partition coefficient (Wildman–Crippen LogP) is 5.95. The molecule has 4 aromatic rings. The maximum atomic E-state index is 9.16. The first-order valence-corrected chi connectivity index (χ1v) is 9.16. The minimum absolute atomic E-state index is 0.459. The van der Waals surface area contributed by atoms with E-state index in [1.165, 1.54) is 0 Å². The molecule has 0 amide bonds. The molecule has 0 bridgehead atoms. The van der Waals surface area contributed by atoms with Gasteiger partial charge in [-0.15, -0.1) is 10.2 Å². The summed E-state index contributed by atoms with van der Waals surface area (Å²) < 4.78 is 5.68. The van der Waals surface area contributed by atoms with Crippen molar-refractivity contribution >= 4 is 24.3 Å². The average molecular weight is 375 g/mol. The van der Waals surface area contributed by atoms with Crippen molar-refractivity contribution in [1.29, 1.82) is 5.26 Å². The molecular weight excluding hydrogens is 358 g/mol. The van der Waals surface area contributed by atoms with Crippen LogP contribution in [0.2, 0.25) is 0 Å². The van der Waals surface area contributed by atoms with E-state index in [9.17, 15) is 0 Å². The molecule has 29 heavy (non-hydrogen) atoms. The molecule has 4 nitrogen and oxygen atoms in total. The van der Waals surface area contributed by atoms with E-state index < -0.39 is 0 Å². The van der Waals surface area contributed by atoms with E-state index in [1.807, 2.05) is 97.1 Å². The Hall–Kier alpha value is -4.23. The Balaban J connectivity index is 1.44. The van der Waals surface area contributed by atoms with Crippen LogP contribution in [0.3, 0.4) is 0 Å². The van der Waals surface area contributed by atoms with E-state index in [2.05, 4.69) is 16.3 Å². The zero-order valence-electron chi connectivity index (χ0n) is 15.6. The van der Waals surface area contributed by atoms with Gasteiger partial charge in [0.1, 0.15) is 0 Å². The molecule has 0 unspecified atom stereocenters. The van der Waals surface area contributed by atoms with Crippen molar-refractivity contribution in [3.63, 3.8) is 0 Å². The van der Waals surface area contributed by atoms with Crippen LogP contribution >= 0.6 is 0 Å². The lowest BCUT2D eigenvalue weighted by atomic mass is 10.1. The highest BCUT2D eigenvalue weighted by atomic mass is 16.4. The minimum atomic E-state index is 0.459. The van der Waals surface area contributed by atoms with Gasteiger partial charge in [0.05, 0.1) is 11.6 Å². The molecule has 0 fully saturated rings. The second-order valence-electron chi connectivity index (χ2n) is 6.34. The summed E-state index contributed by atoms with van der Waals surface area (Å²) >= 11 is 0. The van der Waals surface area contributed by atoms with Crippen LogP contribution in [0.1, 0.15) is 28.1 Å². The number of nitriles is 1. The van der Waals surface area contributed by atoms with Crippen molar-refractivity contribution in [3.8, 4) is 17.5 Å². The van der Waals surface area contributed by atoms with Crippen LogP contribution in [0.15, 0.2) is 83.3 Å². The van der Waals surface area contributed by atoms with Crippen LogP contribution in [0.25, 0.3) is 35.8 Å². The van der Waals surface area contributed by atoms with E-state index in [4.69, 9.17) is 9.68 Å². The summed E-state index contributed by atoms with van der Waals surface area (Å²) in [4.78, 5) is 0. The number of rotatable bonds is 5. The Morgan fingerprint density at radius 3 is 2.07 bits per heavy atom. The highest BCUT2D eigenvalue weighted by Gasteiger charge is 2.05. The van der Waals surface area contributed by atoms with Crippen molar-refractivity contribution in [3.05, 3.63) is 107 Å². The molecule has 0 atom stereocenters. The molecule has 0 radical (unpaired) electrons. The van der Waals surface area contributed by atoms with Gasteiger partial charge in [0, 0.05) is 11.6 Å². The van der Waals surface area contributed by atoms with Crippen LogP contribution in [0.5, 0.6) is 0 Å². The molecular formula is C25H17N3O. The van der Waals surface area contributed by atoms with Crippen molar-refractivity contribution in [2.45, 2.75) is 0 Å². The van der Waals surface area contributed by atoms with Gasteiger partial charge in [-0.05, 0) is 41.0 Å². The largest absolute Gasteiger partial charge is 0.417 e. The quantitative estimate of drug-likeness (QED) is 0.404. The molecule has 138 valence electrons. The zero-order chi connectivity index (χ0) is 19.9. The topological polar surface area (TPSA) is 62.7 Å². The number of nitrogens with zero attached hydrogens (tertiary/aromatic N) is 3. The summed E-state index contributed by atoms with van der Waals surface area (Å²) in [5.74, 6) is 0.962. The van der Waals surface area contributed by atoms with E-state index in [0.29, 0.717) is 17.3 Å². The fourth-order valence-electron chi connectivity index (χ4n) is 2.82. The first kappa shape index (κ1) is 18.1. The second-order valence-corrected chi connectivity index (χ2v) is 6.34. The van der Waals surface area contributed by atoms with E-state index >= 15 is 0 Å². The normalized spacial score (nSPS) is 11.1. The first-order chi connectivity index (χ1) is 14.3. The number of hydrogen-bond donors (Lipinski definition) is 0. The van der Waals surface area contributed by atoms with Crippen molar-refractivity contribution in [2.75, 3.05) is 0 Å². The van der Waals surface area contributed by atoms with Gasteiger partial charge in [-0.3, -0.25) is 0 Å². The van der Waals surface area contributed by atoms with Crippen molar-refractivity contribution < 1.29 is 4.42 Å².